The van der Waals surface area contributed by atoms with E-state index in [0.29, 0.717) is 18.4 Å². The Balaban J connectivity index is 2.04. The highest BCUT2D eigenvalue weighted by Crippen LogP contribution is 2.33. The van der Waals surface area contributed by atoms with Gasteiger partial charge in [0, 0.05) is 13.1 Å². The van der Waals surface area contributed by atoms with Gasteiger partial charge in [0.05, 0.1) is 0 Å². The van der Waals surface area contributed by atoms with E-state index in [1.54, 1.807) is 0 Å². The molecule has 120 valence electrons. The molecule has 1 fully saturated rings. The van der Waals surface area contributed by atoms with E-state index in [4.69, 9.17) is 4.74 Å². The summed E-state index contributed by atoms with van der Waals surface area (Å²) in [4.78, 5) is 0. The Hall–Kier alpha value is -1.58. The molecule has 3 heteroatoms. The average molecular weight is 301 g/mol. The molecule has 2 atom stereocenters. The minimum absolute atomic E-state index is 0.447. The maximum Gasteiger partial charge on any atom is 0.120 e. The minimum Gasteiger partial charge on any atom is -0.489 e. The van der Waals surface area contributed by atoms with Crippen LogP contribution in [0.2, 0.25) is 0 Å². The largest absolute Gasteiger partial charge is 0.489 e. The standard InChI is InChI=1S/C19H27NO2/c1-4-7-16(5-2)14-22-18-9-6-8-17(12-18)19-10-11-20(21)13-15(19)3/h4-9,12,15,19,21H,10-11,13-14H2,1-3H3/b7-4-,16-5+/t15-,19+/m0/s1. The first kappa shape index (κ1) is 16.8. The molecular formula is C19H27NO2. The Morgan fingerprint density at radius 2 is 2.23 bits per heavy atom. The van der Waals surface area contributed by atoms with E-state index in [0.717, 1.165) is 25.3 Å². The highest BCUT2D eigenvalue weighted by molar-refractivity contribution is 5.32. The third kappa shape index (κ3) is 4.46. The smallest absolute Gasteiger partial charge is 0.120 e. The van der Waals surface area contributed by atoms with Gasteiger partial charge in [0.2, 0.25) is 0 Å². The number of allylic oxidation sites excluding steroid dienone is 2. The van der Waals surface area contributed by atoms with Crippen LogP contribution in [0.1, 0.15) is 38.7 Å². The molecule has 0 amide bonds. The summed E-state index contributed by atoms with van der Waals surface area (Å²) in [5, 5.41) is 11.0. The van der Waals surface area contributed by atoms with E-state index < -0.39 is 0 Å². The van der Waals surface area contributed by atoms with Crippen molar-refractivity contribution in [2.24, 2.45) is 5.92 Å². The average Bonchev–Trinajstić information content (AvgIpc) is 2.51. The van der Waals surface area contributed by atoms with E-state index in [1.165, 1.54) is 16.2 Å². The molecule has 0 bridgehead atoms. The third-order valence-electron chi connectivity index (χ3n) is 4.33. The second-order valence-corrected chi connectivity index (χ2v) is 6.01. The van der Waals surface area contributed by atoms with Crippen LogP contribution in [0.3, 0.4) is 0 Å². The molecule has 1 aliphatic heterocycles. The van der Waals surface area contributed by atoms with Crippen LogP contribution in [0, 0.1) is 5.92 Å². The molecule has 1 heterocycles. The predicted molar refractivity (Wildman–Crippen MR) is 90.4 cm³/mol. The maximum atomic E-state index is 9.62. The van der Waals surface area contributed by atoms with Gasteiger partial charge in [-0.15, -0.1) is 0 Å². The zero-order valence-corrected chi connectivity index (χ0v) is 13.8. The van der Waals surface area contributed by atoms with Gasteiger partial charge in [-0.3, -0.25) is 0 Å². The normalized spacial score (nSPS) is 23.9. The van der Waals surface area contributed by atoms with E-state index >= 15 is 0 Å². The summed E-state index contributed by atoms with van der Waals surface area (Å²) in [7, 11) is 0. The Kier molecular flexibility index (Phi) is 6.22. The topological polar surface area (TPSA) is 32.7 Å². The molecule has 22 heavy (non-hydrogen) atoms. The van der Waals surface area contributed by atoms with E-state index in [9.17, 15) is 5.21 Å². The van der Waals surface area contributed by atoms with Gasteiger partial charge in [0.15, 0.2) is 0 Å². The number of piperidine rings is 1. The zero-order valence-electron chi connectivity index (χ0n) is 13.8. The monoisotopic (exact) mass is 301 g/mol. The van der Waals surface area contributed by atoms with E-state index in [1.807, 2.05) is 26.0 Å². The summed E-state index contributed by atoms with van der Waals surface area (Å²) < 4.78 is 5.92. The predicted octanol–water partition coefficient (Wildman–Crippen LogP) is 4.40. The molecule has 0 spiro atoms. The van der Waals surface area contributed by atoms with Crippen LogP contribution in [0.25, 0.3) is 0 Å². The lowest BCUT2D eigenvalue weighted by Gasteiger charge is -2.33. The maximum absolute atomic E-state index is 9.62. The van der Waals surface area contributed by atoms with Crippen molar-refractivity contribution in [1.29, 1.82) is 0 Å². The van der Waals surface area contributed by atoms with Gasteiger partial charge in [-0.2, -0.15) is 5.06 Å². The van der Waals surface area contributed by atoms with Gasteiger partial charge in [-0.05, 0) is 55.4 Å². The molecule has 1 aromatic rings. The van der Waals surface area contributed by atoms with Gasteiger partial charge in [-0.1, -0.05) is 37.3 Å². The van der Waals surface area contributed by atoms with Crippen molar-refractivity contribution < 1.29 is 9.94 Å². The number of hydrogen-bond acceptors (Lipinski definition) is 3. The highest BCUT2D eigenvalue weighted by Gasteiger charge is 2.26. The van der Waals surface area contributed by atoms with Crippen LogP contribution in [-0.2, 0) is 0 Å². The molecule has 1 N–H and O–H groups in total. The Morgan fingerprint density at radius 3 is 2.91 bits per heavy atom. The summed E-state index contributed by atoms with van der Waals surface area (Å²) in [6, 6.07) is 8.40. The first-order chi connectivity index (χ1) is 10.6. The van der Waals surface area contributed by atoms with Gasteiger partial charge in [0.1, 0.15) is 12.4 Å². The van der Waals surface area contributed by atoms with Crippen LogP contribution in [-0.4, -0.2) is 30.0 Å². The molecule has 1 aliphatic rings. The molecule has 3 nitrogen and oxygen atoms in total. The fourth-order valence-corrected chi connectivity index (χ4v) is 3.06. The lowest BCUT2D eigenvalue weighted by Crippen LogP contribution is -2.35. The summed E-state index contributed by atoms with van der Waals surface area (Å²) in [5.74, 6) is 1.85. The van der Waals surface area contributed by atoms with Gasteiger partial charge in [0.25, 0.3) is 0 Å². The number of hydroxylamine groups is 2. The summed E-state index contributed by atoms with van der Waals surface area (Å²) in [5.41, 5.74) is 2.49. The Bertz CT molecular complexity index is 536. The fourth-order valence-electron chi connectivity index (χ4n) is 3.06. The number of rotatable bonds is 5. The first-order valence-corrected chi connectivity index (χ1v) is 8.08. The highest BCUT2D eigenvalue weighted by atomic mass is 16.5. The molecule has 2 rings (SSSR count). The van der Waals surface area contributed by atoms with Crippen molar-refractivity contribution >= 4 is 0 Å². The van der Waals surface area contributed by atoms with Crippen molar-refractivity contribution in [1.82, 2.24) is 5.06 Å². The van der Waals surface area contributed by atoms with Gasteiger partial charge >= 0.3 is 0 Å². The second kappa shape index (κ2) is 8.16. The fraction of sp³-hybridized carbons (Fsp3) is 0.474. The van der Waals surface area contributed by atoms with Gasteiger partial charge in [-0.25, -0.2) is 0 Å². The van der Waals surface area contributed by atoms with Crippen molar-refractivity contribution in [3.05, 3.63) is 53.6 Å². The van der Waals surface area contributed by atoms with Crippen molar-refractivity contribution in [3.8, 4) is 5.75 Å². The molecule has 0 aromatic heterocycles. The quantitative estimate of drug-likeness (QED) is 0.818. The van der Waals surface area contributed by atoms with Crippen molar-refractivity contribution in [3.63, 3.8) is 0 Å². The number of benzene rings is 1. The van der Waals surface area contributed by atoms with Crippen LogP contribution in [0.4, 0.5) is 0 Å². The van der Waals surface area contributed by atoms with E-state index in [-0.39, 0.29) is 0 Å². The van der Waals surface area contributed by atoms with Crippen molar-refractivity contribution in [2.45, 2.75) is 33.1 Å². The van der Waals surface area contributed by atoms with Crippen LogP contribution in [0.15, 0.2) is 48.1 Å². The molecule has 1 saturated heterocycles. The van der Waals surface area contributed by atoms with Gasteiger partial charge < -0.3 is 9.94 Å². The minimum atomic E-state index is 0.447. The summed E-state index contributed by atoms with van der Waals surface area (Å²) >= 11 is 0. The molecule has 0 unspecified atom stereocenters. The second-order valence-electron chi connectivity index (χ2n) is 6.01. The van der Waals surface area contributed by atoms with E-state index in [2.05, 4.69) is 37.3 Å². The SMILES string of the molecule is C/C=C\C(=C/C)COc1cccc([C@@H]2CCN(O)C[C@@H]2C)c1. The summed E-state index contributed by atoms with van der Waals surface area (Å²) in [6.45, 7) is 8.31. The Labute approximate surface area is 133 Å². The van der Waals surface area contributed by atoms with Crippen LogP contribution < -0.4 is 4.74 Å². The number of ether oxygens (including phenoxy) is 1. The number of nitrogens with zero attached hydrogens (tertiary/aromatic N) is 1. The number of hydrogen-bond donors (Lipinski definition) is 1. The first-order valence-electron chi connectivity index (χ1n) is 8.08. The van der Waals surface area contributed by atoms with Crippen molar-refractivity contribution in [2.75, 3.05) is 19.7 Å². The molecule has 0 saturated carbocycles. The molecular weight excluding hydrogens is 274 g/mol. The third-order valence-corrected chi connectivity index (χ3v) is 4.33. The van der Waals surface area contributed by atoms with Crippen LogP contribution >= 0.6 is 0 Å². The van der Waals surface area contributed by atoms with Crippen LogP contribution in [0.5, 0.6) is 5.75 Å². The lowest BCUT2D eigenvalue weighted by molar-refractivity contribution is -0.119. The summed E-state index contributed by atoms with van der Waals surface area (Å²) in [6.07, 6.45) is 7.16. The molecule has 1 aromatic carbocycles. The molecule has 0 radical (unpaired) electrons. The Morgan fingerprint density at radius 1 is 1.41 bits per heavy atom. The zero-order chi connectivity index (χ0) is 15.9. The lowest BCUT2D eigenvalue weighted by atomic mass is 9.82. The molecule has 0 aliphatic carbocycles.